The maximum absolute atomic E-state index is 12.0. The highest BCUT2D eigenvalue weighted by Crippen LogP contribution is 2.37. The molecule has 2 aromatic carbocycles. The predicted octanol–water partition coefficient (Wildman–Crippen LogP) is 5.56. The number of ether oxygens (including phenoxy) is 1. The molecule has 1 aromatic heterocycles. The highest BCUT2D eigenvalue weighted by Gasteiger charge is 2.19. The minimum absolute atomic E-state index is 0.115. The number of nitrogens with one attached hydrogen (secondary N) is 2. The monoisotopic (exact) mass is 378 g/mol. The number of benzene rings is 2. The maximum Gasteiger partial charge on any atom is 0.170 e. The highest BCUT2D eigenvalue weighted by molar-refractivity contribution is 8.00. The number of hydrogen-bond acceptors (Lipinski definition) is 4. The lowest BCUT2D eigenvalue weighted by Crippen LogP contribution is -2.15. The number of carbonyl (C=O) groups is 1. The molecule has 0 aliphatic carbocycles. The minimum atomic E-state index is 0.115. The van der Waals surface area contributed by atoms with Crippen molar-refractivity contribution in [1.82, 2.24) is 4.98 Å². The lowest BCUT2D eigenvalue weighted by Gasteiger charge is -2.17. The summed E-state index contributed by atoms with van der Waals surface area (Å²) in [5, 5.41) is 1.97. The summed E-state index contributed by atoms with van der Waals surface area (Å²) in [5.41, 5.74) is 2.35. The SMILES string of the molecule is O=C1CCOc2ccc(SNc3ccc(Cl)c4c(Cl)c[nH]c34)cc21. The minimum Gasteiger partial charge on any atom is -0.492 e. The lowest BCUT2D eigenvalue weighted by molar-refractivity contribution is 0.0933. The summed E-state index contributed by atoms with van der Waals surface area (Å²) in [5.74, 6) is 0.768. The van der Waals surface area contributed by atoms with Crippen LogP contribution in [0.2, 0.25) is 10.0 Å². The van der Waals surface area contributed by atoms with Gasteiger partial charge in [-0.1, -0.05) is 23.2 Å². The van der Waals surface area contributed by atoms with E-state index >= 15 is 0 Å². The first-order chi connectivity index (χ1) is 11.6. The van der Waals surface area contributed by atoms with Crippen molar-refractivity contribution in [2.24, 2.45) is 0 Å². The number of hydrogen-bond donors (Lipinski definition) is 2. The molecule has 0 atom stereocenters. The van der Waals surface area contributed by atoms with Crippen LogP contribution in [-0.4, -0.2) is 17.4 Å². The van der Waals surface area contributed by atoms with Crippen LogP contribution in [0.25, 0.3) is 10.9 Å². The third-order valence-electron chi connectivity index (χ3n) is 3.85. The molecule has 0 saturated carbocycles. The average molecular weight is 379 g/mol. The molecule has 2 N–H and O–H groups in total. The Kier molecular flexibility index (Phi) is 4.08. The van der Waals surface area contributed by atoms with Crippen LogP contribution in [0, 0.1) is 0 Å². The first-order valence-electron chi connectivity index (χ1n) is 7.31. The van der Waals surface area contributed by atoms with Gasteiger partial charge in [0.15, 0.2) is 5.78 Å². The smallest absolute Gasteiger partial charge is 0.170 e. The molecular weight excluding hydrogens is 367 g/mol. The first-order valence-corrected chi connectivity index (χ1v) is 8.89. The quantitative estimate of drug-likeness (QED) is 0.585. The van der Waals surface area contributed by atoms with Gasteiger partial charge in [-0.3, -0.25) is 4.79 Å². The van der Waals surface area contributed by atoms with Crippen molar-refractivity contribution in [1.29, 1.82) is 0 Å². The molecule has 122 valence electrons. The summed E-state index contributed by atoms with van der Waals surface area (Å²) in [7, 11) is 0. The van der Waals surface area contributed by atoms with Crippen molar-refractivity contribution in [2.75, 3.05) is 11.3 Å². The summed E-state index contributed by atoms with van der Waals surface area (Å²) in [4.78, 5) is 16.0. The second-order valence-electron chi connectivity index (χ2n) is 5.37. The van der Waals surface area contributed by atoms with Gasteiger partial charge in [-0.25, -0.2) is 0 Å². The summed E-state index contributed by atoms with van der Waals surface area (Å²) in [6, 6.07) is 9.29. The van der Waals surface area contributed by atoms with E-state index in [4.69, 9.17) is 27.9 Å². The maximum atomic E-state index is 12.0. The van der Waals surface area contributed by atoms with Gasteiger partial charge in [-0.05, 0) is 42.3 Å². The number of H-pyrrole nitrogens is 1. The van der Waals surface area contributed by atoms with E-state index in [2.05, 4.69) is 9.71 Å². The molecule has 7 heteroatoms. The van der Waals surface area contributed by atoms with Crippen molar-refractivity contribution in [2.45, 2.75) is 11.3 Å². The number of Topliss-reactive ketones (excluding diaryl/α,β-unsaturated/α-hetero) is 1. The molecule has 0 bridgehead atoms. The van der Waals surface area contributed by atoms with Crippen molar-refractivity contribution >= 4 is 57.5 Å². The fourth-order valence-corrected chi connectivity index (χ4v) is 3.94. The van der Waals surface area contributed by atoms with Crippen LogP contribution in [0.15, 0.2) is 41.4 Å². The second-order valence-corrected chi connectivity index (χ2v) is 7.06. The summed E-state index contributed by atoms with van der Waals surface area (Å²) in [6.07, 6.45) is 2.14. The van der Waals surface area contributed by atoms with Crippen molar-refractivity contribution in [3.05, 3.63) is 52.1 Å². The Morgan fingerprint density at radius 2 is 2.04 bits per heavy atom. The molecule has 1 aliphatic rings. The van der Waals surface area contributed by atoms with Gasteiger partial charge in [-0.2, -0.15) is 0 Å². The fourth-order valence-electron chi connectivity index (χ4n) is 2.67. The third-order valence-corrected chi connectivity index (χ3v) is 5.28. The lowest BCUT2D eigenvalue weighted by atomic mass is 10.1. The van der Waals surface area contributed by atoms with E-state index in [1.54, 1.807) is 12.3 Å². The first kappa shape index (κ1) is 15.7. The van der Waals surface area contributed by atoms with Gasteiger partial charge in [0.05, 0.1) is 33.4 Å². The molecule has 0 unspecified atom stereocenters. The van der Waals surface area contributed by atoms with E-state index in [1.807, 2.05) is 24.3 Å². The Balaban J connectivity index is 1.61. The predicted molar refractivity (Wildman–Crippen MR) is 98.7 cm³/mol. The third kappa shape index (κ3) is 2.73. The molecule has 2 heterocycles. The van der Waals surface area contributed by atoms with Gasteiger partial charge in [0, 0.05) is 22.9 Å². The summed E-state index contributed by atoms with van der Waals surface area (Å²) >= 11 is 13.8. The Bertz CT molecular complexity index is 955. The van der Waals surface area contributed by atoms with Gasteiger partial charge in [0.25, 0.3) is 0 Å². The van der Waals surface area contributed by atoms with Crippen LogP contribution in [0.4, 0.5) is 5.69 Å². The van der Waals surface area contributed by atoms with Gasteiger partial charge < -0.3 is 14.4 Å². The normalized spacial score (nSPS) is 13.7. The van der Waals surface area contributed by atoms with E-state index in [0.717, 1.165) is 21.5 Å². The Hall–Kier alpha value is -1.82. The molecule has 0 fully saturated rings. The Labute approximate surface area is 152 Å². The average Bonchev–Trinajstić information content (AvgIpc) is 2.98. The zero-order valence-electron chi connectivity index (χ0n) is 12.4. The largest absolute Gasteiger partial charge is 0.492 e. The van der Waals surface area contributed by atoms with Crippen LogP contribution in [0.5, 0.6) is 5.75 Å². The van der Waals surface area contributed by atoms with Crippen molar-refractivity contribution < 1.29 is 9.53 Å². The molecule has 0 radical (unpaired) electrons. The van der Waals surface area contributed by atoms with Crippen LogP contribution in [-0.2, 0) is 0 Å². The Morgan fingerprint density at radius 1 is 1.17 bits per heavy atom. The summed E-state index contributed by atoms with van der Waals surface area (Å²) < 4.78 is 8.78. The molecule has 4 rings (SSSR count). The zero-order valence-corrected chi connectivity index (χ0v) is 14.7. The zero-order chi connectivity index (χ0) is 16.7. The van der Waals surface area contributed by atoms with Gasteiger partial charge >= 0.3 is 0 Å². The van der Waals surface area contributed by atoms with E-state index < -0.39 is 0 Å². The van der Waals surface area contributed by atoms with Gasteiger partial charge in [-0.15, -0.1) is 0 Å². The van der Waals surface area contributed by atoms with Crippen molar-refractivity contribution in [3.63, 3.8) is 0 Å². The highest BCUT2D eigenvalue weighted by atomic mass is 35.5. The van der Waals surface area contributed by atoms with Gasteiger partial charge in [0.2, 0.25) is 0 Å². The Morgan fingerprint density at radius 3 is 2.92 bits per heavy atom. The standard InChI is InChI=1S/C17H12Cl2N2O2S/c18-11-2-3-13(17-16(11)12(19)8-20-17)21-24-9-1-4-15-10(7-9)14(22)5-6-23-15/h1-4,7-8,20-21H,5-6H2. The second kappa shape index (κ2) is 6.24. The number of rotatable bonds is 3. The fraction of sp³-hybridized carbons (Fsp3) is 0.118. The molecule has 4 nitrogen and oxygen atoms in total. The number of ketones is 1. The van der Waals surface area contributed by atoms with Crippen LogP contribution < -0.4 is 9.46 Å². The number of aromatic amines is 1. The van der Waals surface area contributed by atoms with Crippen molar-refractivity contribution in [3.8, 4) is 5.75 Å². The van der Waals surface area contributed by atoms with E-state index in [0.29, 0.717) is 34.4 Å². The van der Waals surface area contributed by atoms with E-state index in [1.165, 1.54) is 11.9 Å². The molecule has 0 spiro atoms. The van der Waals surface area contributed by atoms with Crippen LogP contribution >= 0.6 is 35.1 Å². The molecular formula is C17H12Cl2N2O2S. The topological polar surface area (TPSA) is 54.1 Å². The molecule has 0 saturated heterocycles. The number of aromatic nitrogens is 1. The van der Waals surface area contributed by atoms with Crippen LogP contribution in [0.1, 0.15) is 16.8 Å². The molecule has 3 aromatic rings. The van der Waals surface area contributed by atoms with Gasteiger partial charge in [0.1, 0.15) is 5.75 Å². The summed E-state index contributed by atoms with van der Waals surface area (Å²) in [6.45, 7) is 0.451. The molecule has 0 amide bonds. The van der Waals surface area contributed by atoms with E-state index in [-0.39, 0.29) is 5.78 Å². The number of halogens is 2. The number of anilines is 1. The van der Waals surface area contributed by atoms with Crippen LogP contribution in [0.3, 0.4) is 0 Å². The number of carbonyl (C=O) groups excluding carboxylic acids is 1. The molecule has 1 aliphatic heterocycles. The molecule has 24 heavy (non-hydrogen) atoms. The number of fused-ring (bicyclic) bond motifs is 2. The van der Waals surface area contributed by atoms with E-state index in [9.17, 15) is 4.79 Å².